The van der Waals surface area contributed by atoms with Crippen LogP contribution in [0.5, 0.6) is 0 Å². The Labute approximate surface area is 167 Å². The van der Waals surface area contributed by atoms with E-state index in [4.69, 9.17) is 4.42 Å². The summed E-state index contributed by atoms with van der Waals surface area (Å²) in [5, 5.41) is 4.51. The number of furan rings is 1. The number of amides is 1. The van der Waals surface area contributed by atoms with Gasteiger partial charge in [0.15, 0.2) is 5.58 Å². The number of carbonyl (C=O) groups is 1. The molecule has 0 N–H and O–H groups in total. The predicted octanol–water partition coefficient (Wildman–Crippen LogP) is 3.09. The summed E-state index contributed by atoms with van der Waals surface area (Å²) in [6.45, 7) is 4.97. The van der Waals surface area contributed by atoms with Crippen molar-refractivity contribution in [3.63, 3.8) is 0 Å². The predicted molar refractivity (Wildman–Crippen MR) is 109 cm³/mol. The lowest BCUT2D eigenvalue weighted by Crippen LogP contribution is -2.43. The van der Waals surface area contributed by atoms with Crippen molar-refractivity contribution in [3.05, 3.63) is 70.0 Å². The standard InChI is InChI=1S/C22H22N4O3/c1-3-17(21(27)24-10-8-15-6-4-5-7-16(15)13-24)26-22(28)19-12-20-18(9-11-29-20)25(19)14(2)23-26/h4-7,9,11-12,17H,3,8,10,13H2,1-2H3/t17-/m0/s1. The van der Waals surface area contributed by atoms with Crippen LogP contribution in [0.15, 0.2) is 51.9 Å². The van der Waals surface area contributed by atoms with Gasteiger partial charge in [-0.25, -0.2) is 4.68 Å². The molecule has 5 rings (SSSR count). The van der Waals surface area contributed by atoms with Crippen LogP contribution in [0.3, 0.4) is 0 Å². The summed E-state index contributed by atoms with van der Waals surface area (Å²) >= 11 is 0. The van der Waals surface area contributed by atoms with Gasteiger partial charge >= 0.3 is 0 Å². The number of aryl methyl sites for hydroxylation is 1. The number of fused-ring (bicyclic) bond motifs is 4. The summed E-state index contributed by atoms with van der Waals surface area (Å²) in [6.07, 6.45) is 2.92. The minimum absolute atomic E-state index is 0.0596. The quantitative estimate of drug-likeness (QED) is 0.539. The van der Waals surface area contributed by atoms with Gasteiger partial charge in [-0.15, -0.1) is 0 Å². The van der Waals surface area contributed by atoms with Crippen molar-refractivity contribution in [2.75, 3.05) is 6.54 Å². The van der Waals surface area contributed by atoms with E-state index in [0.717, 1.165) is 11.9 Å². The molecule has 0 aliphatic carbocycles. The van der Waals surface area contributed by atoms with Crippen molar-refractivity contribution in [1.29, 1.82) is 0 Å². The molecule has 3 aromatic heterocycles. The molecule has 0 fully saturated rings. The summed E-state index contributed by atoms with van der Waals surface area (Å²) in [4.78, 5) is 28.4. The first kappa shape index (κ1) is 17.7. The second kappa shape index (κ2) is 6.62. The van der Waals surface area contributed by atoms with Crippen LogP contribution in [0.1, 0.15) is 36.3 Å². The Morgan fingerprint density at radius 3 is 2.79 bits per heavy atom. The van der Waals surface area contributed by atoms with Crippen molar-refractivity contribution >= 4 is 22.5 Å². The van der Waals surface area contributed by atoms with Crippen LogP contribution in [0.2, 0.25) is 0 Å². The monoisotopic (exact) mass is 390 g/mol. The highest BCUT2D eigenvalue weighted by molar-refractivity contribution is 5.83. The molecule has 4 aromatic rings. The normalized spacial score (nSPS) is 15.0. The van der Waals surface area contributed by atoms with E-state index in [1.807, 2.05) is 36.9 Å². The Balaban J connectivity index is 1.55. The summed E-state index contributed by atoms with van der Waals surface area (Å²) in [5.74, 6) is 0.585. The van der Waals surface area contributed by atoms with E-state index in [1.54, 1.807) is 16.7 Å². The van der Waals surface area contributed by atoms with E-state index in [-0.39, 0.29) is 11.5 Å². The molecule has 29 heavy (non-hydrogen) atoms. The van der Waals surface area contributed by atoms with E-state index < -0.39 is 6.04 Å². The number of aromatic nitrogens is 3. The summed E-state index contributed by atoms with van der Waals surface area (Å²) in [5.41, 5.74) is 4.09. The fourth-order valence-electron chi connectivity index (χ4n) is 4.35. The molecule has 1 aliphatic rings. The van der Waals surface area contributed by atoms with E-state index in [0.29, 0.717) is 36.4 Å². The molecule has 0 bridgehead atoms. The molecule has 0 spiro atoms. The van der Waals surface area contributed by atoms with E-state index in [9.17, 15) is 9.59 Å². The Morgan fingerprint density at radius 2 is 2.00 bits per heavy atom. The second-order valence-electron chi connectivity index (χ2n) is 7.53. The van der Waals surface area contributed by atoms with Gasteiger partial charge in [0.2, 0.25) is 5.91 Å². The van der Waals surface area contributed by atoms with Crippen LogP contribution < -0.4 is 5.56 Å². The summed E-state index contributed by atoms with van der Waals surface area (Å²) in [6, 6.07) is 11.1. The highest BCUT2D eigenvalue weighted by Gasteiger charge is 2.30. The zero-order valence-corrected chi connectivity index (χ0v) is 16.5. The van der Waals surface area contributed by atoms with Gasteiger partial charge < -0.3 is 9.32 Å². The zero-order chi connectivity index (χ0) is 20.1. The lowest BCUT2D eigenvalue weighted by molar-refractivity contribution is -0.136. The van der Waals surface area contributed by atoms with Crippen molar-refractivity contribution in [2.45, 2.75) is 39.3 Å². The largest absolute Gasteiger partial charge is 0.463 e. The van der Waals surface area contributed by atoms with Crippen LogP contribution in [-0.4, -0.2) is 31.5 Å². The van der Waals surface area contributed by atoms with E-state index in [2.05, 4.69) is 17.2 Å². The Hall–Kier alpha value is -3.35. The SMILES string of the molecule is CC[C@@H](C(=O)N1CCc2ccccc2C1)n1nc(C)n2c(cc3occc32)c1=O. The van der Waals surface area contributed by atoms with Gasteiger partial charge in [-0.3, -0.25) is 14.0 Å². The van der Waals surface area contributed by atoms with Crippen molar-refractivity contribution in [1.82, 2.24) is 19.1 Å². The number of hydrogen-bond acceptors (Lipinski definition) is 4. The van der Waals surface area contributed by atoms with Crippen LogP contribution in [0.25, 0.3) is 16.6 Å². The Kier molecular flexibility index (Phi) is 4.04. The van der Waals surface area contributed by atoms with Gasteiger partial charge in [-0.1, -0.05) is 31.2 Å². The number of benzene rings is 1. The zero-order valence-electron chi connectivity index (χ0n) is 16.5. The highest BCUT2D eigenvalue weighted by Crippen LogP contribution is 2.24. The molecule has 1 amide bonds. The minimum atomic E-state index is -0.627. The molecular formula is C22H22N4O3. The van der Waals surface area contributed by atoms with Gasteiger partial charge in [0.25, 0.3) is 5.56 Å². The Bertz CT molecular complexity index is 1300. The molecule has 1 aromatic carbocycles. The molecule has 0 saturated heterocycles. The minimum Gasteiger partial charge on any atom is -0.463 e. The molecule has 7 nitrogen and oxygen atoms in total. The first-order valence-electron chi connectivity index (χ1n) is 9.92. The van der Waals surface area contributed by atoms with E-state index in [1.165, 1.54) is 15.8 Å². The first-order chi connectivity index (χ1) is 14.1. The van der Waals surface area contributed by atoms with Gasteiger partial charge in [0.05, 0.1) is 11.8 Å². The third-order valence-electron chi connectivity index (χ3n) is 5.84. The summed E-state index contributed by atoms with van der Waals surface area (Å²) < 4.78 is 8.58. The number of hydrogen-bond donors (Lipinski definition) is 0. The molecule has 148 valence electrons. The Morgan fingerprint density at radius 1 is 1.21 bits per heavy atom. The molecule has 0 saturated carbocycles. The molecule has 0 radical (unpaired) electrons. The average Bonchev–Trinajstić information content (AvgIpc) is 3.33. The maximum atomic E-state index is 13.4. The van der Waals surface area contributed by atoms with Crippen molar-refractivity contribution in [3.8, 4) is 0 Å². The molecule has 0 unspecified atom stereocenters. The smallest absolute Gasteiger partial charge is 0.291 e. The molecule has 4 heterocycles. The van der Waals surface area contributed by atoms with Crippen LogP contribution in [0.4, 0.5) is 0 Å². The lowest BCUT2D eigenvalue weighted by Gasteiger charge is -2.31. The topological polar surface area (TPSA) is 72.8 Å². The molecule has 1 atom stereocenters. The maximum Gasteiger partial charge on any atom is 0.291 e. The first-order valence-corrected chi connectivity index (χ1v) is 9.92. The van der Waals surface area contributed by atoms with E-state index >= 15 is 0 Å². The van der Waals surface area contributed by atoms with Gasteiger partial charge in [0.1, 0.15) is 17.4 Å². The third kappa shape index (κ3) is 2.68. The van der Waals surface area contributed by atoms with Crippen LogP contribution in [-0.2, 0) is 17.8 Å². The summed E-state index contributed by atoms with van der Waals surface area (Å²) in [7, 11) is 0. The average molecular weight is 390 g/mol. The maximum absolute atomic E-state index is 13.4. The van der Waals surface area contributed by atoms with Gasteiger partial charge in [0, 0.05) is 25.2 Å². The number of nitrogens with zero attached hydrogens (tertiary/aromatic N) is 4. The van der Waals surface area contributed by atoms with Crippen molar-refractivity contribution < 1.29 is 9.21 Å². The van der Waals surface area contributed by atoms with Crippen LogP contribution >= 0.6 is 0 Å². The number of carbonyl (C=O) groups excluding carboxylic acids is 1. The fourth-order valence-corrected chi connectivity index (χ4v) is 4.35. The number of rotatable bonds is 3. The molecule has 1 aliphatic heterocycles. The fraction of sp³-hybridized carbons (Fsp3) is 0.318. The van der Waals surface area contributed by atoms with Crippen LogP contribution in [0, 0.1) is 6.92 Å². The van der Waals surface area contributed by atoms with Gasteiger partial charge in [-0.2, -0.15) is 5.10 Å². The second-order valence-corrected chi connectivity index (χ2v) is 7.53. The van der Waals surface area contributed by atoms with Crippen molar-refractivity contribution in [2.24, 2.45) is 0 Å². The molecular weight excluding hydrogens is 368 g/mol. The lowest BCUT2D eigenvalue weighted by atomic mass is 9.99. The molecule has 7 heteroatoms. The highest BCUT2D eigenvalue weighted by atomic mass is 16.3. The van der Waals surface area contributed by atoms with Gasteiger partial charge in [-0.05, 0) is 30.9 Å². The third-order valence-corrected chi connectivity index (χ3v) is 5.84.